The molecule has 5 nitrogen and oxygen atoms in total. The van der Waals surface area contributed by atoms with E-state index in [9.17, 15) is 4.79 Å². The van der Waals surface area contributed by atoms with E-state index < -0.39 is 0 Å². The van der Waals surface area contributed by atoms with E-state index in [-0.39, 0.29) is 5.91 Å². The molecule has 0 spiro atoms. The van der Waals surface area contributed by atoms with Crippen molar-refractivity contribution >= 4 is 5.91 Å². The van der Waals surface area contributed by atoms with Gasteiger partial charge in [-0.15, -0.1) is 5.10 Å². The van der Waals surface area contributed by atoms with E-state index in [4.69, 9.17) is 4.74 Å². The Morgan fingerprint density at radius 2 is 2.18 bits per heavy atom. The van der Waals surface area contributed by atoms with Gasteiger partial charge in [-0.3, -0.25) is 4.79 Å². The number of ether oxygens (including phenoxy) is 1. The van der Waals surface area contributed by atoms with Crippen molar-refractivity contribution in [2.24, 2.45) is 0 Å². The van der Waals surface area contributed by atoms with Crippen molar-refractivity contribution < 1.29 is 9.53 Å². The van der Waals surface area contributed by atoms with Gasteiger partial charge in [0.1, 0.15) is 0 Å². The van der Waals surface area contributed by atoms with E-state index in [2.05, 4.69) is 15.5 Å². The predicted octanol–water partition coefficient (Wildman–Crippen LogP) is 1.37. The lowest BCUT2D eigenvalue weighted by Crippen LogP contribution is -2.28. The molecule has 0 bridgehead atoms. The Balaban J connectivity index is 2.46. The second-order valence-electron chi connectivity index (χ2n) is 3.95. The monoisotopic (exact) mass is 237 g/mol. The molecule has 0 aliphatic carbocycles. The summed E-state index contributed by atoms with van der Waals surface area (Å²) in [6.07, 6.45) is 0. The Labute approximate surface area is 102 Å². The van der Waals surface area contributed by atoms with E-state index >= 15 is 0 Å². The lowest BCUT2D eigenvalue weighted by Gasteiger charge is -2.06. The van der Waals surface area contributed by atoms with Crippen LogP contribution in [0.5, 0.6) is 0 Å². The first-order valence-electron chi connectivity index (χ1n) is 5.84. The Kier molecular flexibility index (Phi) is 5.56. The van der Waals surface area contributed by atoms with Gasteiger partial charge in [0.15, 0.2) is 5.69 Å². The van der Waals surface area contributed by atoms with Crippen LogP contribution in [0.25, 0.3) is 0 Å². The van der Waals surface area contributed by atoms with Crippen LogP contribution < -0.4 is 5.32 Å². The largest absolute Gasteiger partial charge is 0.380 e. The molecule has 0 fully saturated rings. The number of hydrogen-bond acceptors (Lipinski definition) is 4. The molecule has 17 heavy (non-hydrogen) atoms. The number of amides is 1. The van der Waals surface area contributed by atoms with Crippen molar-refractivity contribution in [3.8, 4) is 0 Å². The SMILES string of the molecule is CCOCCNC(=O)c1ccc(C(C)C)nn1. The topological polar surface area (TPSA) is 64.1 Å². The minimum Gasteiger partial charge on any atom is -0.380 e. The highest BCUT2D eigenvalue weighted by molar-refractivity contribution is 5.91. The van der Waals surface area contributed by atoms with Crippen LogP contribution in [0.1, 0.15) is 42.9 Å². The minimum absolute atomic E-state index is 0.215. The molecule has 0 atom stereocenters. The highest BCUT2D eigenvalue weighted by Gasteiger charge is 2.08. The van der Waals surface area contributed by atoms with Gasteiger partial charge in [0.2, 0.25) is 0 Å². The summed E-state index contributed by atoms with van der Waals surface area (Å²) in [4.78, 5) is 11.6. The van der Waals surface area contributed by atoms with E-state index in [1.54, 1.807) is 6.07 Å². The van der Waals surface area contributed by atoms with Crippen LogP contribution in [0.4, 0.5) is 0 Å². The van der Waals surface area contributed by atoms with Gasteiger partial charge in [-0.2, -0.15) is 5.10 Å². The average molecular weight is 237 g/mol. The maximum absolute atomic E-state index is 11.6. The maximum Gasteiger partial charge on any atom is 0.271 e. The summed E-state index contributed by atoms with van der Waals surface area (Å²) >= 11 is 0. The van der Waals surface area contributed by atoms with E-state index in [0.717, 1.165) is 5.69 Å². The summed E-state index contributed by atoms with van der Waals surface area (Å²) in [5.41, 5.74) is 1.22. The summed E-state index contributed by atoms with van der Waals surface area (Å²) in [5.74, 6) is 0.102. The minimum atomic E-state index is -0.215. The Hall–Kier alpha value is -1.49. The molecule has 1 rings (SSSR count). The first-order chi connectivity index (χ1) is 8.15. The van der Waals surface area contributed by atoms with Gasteiger partial charge >= 0.3 is 0 Å². The number of hydrogen-bond donors (Lipinski definition) is 1. The third kappa shape index (κ3) is 4.48. The Morgan fingerprint density at radius 3 is 2.71 bits per heavy atom. The summed E-state index contributed by atoms with van der Waals surface area (Å²) < 4.78 is 5.12. The van der Waals surface area contributed by atoms with E-state index in [1.807, 2.05) is 26.8 Å². The molecule has 0 aliphatic rings. The fourth-order valence-corrected chi connectivity index (χ4v) is 1.24. The number of nitrogens with one attached hydrogen (secondary N) is 1. The molecule has 0 saturated heterocycles. The Morgan fingerprint density at radius 1 is 1.41 bits per heavy atom. The molecule has 1 aromatic heterocycles. The van der Waals surface area contributed by atoms with E-state index in [0.29, 0.717) is 31.4 Å². The molecule has 1 aromatic rings. The molecule has 1 amide bonds. The molecule has 1 heterocycles. The van der Waals surface area contributed by atoms with Gasteiger partial charge in [-0.25, -0.2) is 0 Å². The van der Waals surface area contributed by atoms with Crippen molar-refractivity contribution in [1.82, 2.24) is 15.5 Å². The second-order valence-corrected chi connectivity index (χ2v) is 3.95. The molecule has 1 N–H and O–H groups in total. The predicted molar refractivity (Wildman–Crippen MR) is 64.9 cm³/mol. The zero-order valence-corrected chi connectivity index (χ0v) is 10.6. The van der Waals surface area contributed by atoms with Crippen molar-refractivity contribution in [2.75, 3.05) is 19.8 Å². The lowest BCUT2D eigenvalue weighted by atomic mass is 10.1. The number of nitrogens with zero attached hydrogens (tertiary/aromatic N) is 2. The first-order valence-corrected chi connectivity index (χ1v) is 5.84. The van der Waals surface area contributed by atoms with Gasteiger partial charge < -0.3 is 10.1 Å². The summed E-state index contributed by atoms with van der Waals surface area (Å²) in [6.45, 7) is 7.63. The average Bonchev–Trinajstić information content (AvgIpc) is 2.34. The first kappa shape index (κ1) is 13.6. The summed E-state index contributed by atoms with van der Waals surface area (Å²) in [5, 5.41) is 10.6. The van der Waals surface area contributed by atoms with Crippen molar-refractivity contribution in [1.29, 1.82) is 0 Å². The Bertz CT molecular complexity index is 349. The van der Waals surface area contributed by atoms with Gasteiger partial charge in [0.05, 0.1) is 12.3 Å². The molecule has 0 aliphatic heterocycles. The van der Waals surface area contributed by atoms with Crippen LogP contribution in [-0.2, 0) is 4.74 Å². The smallest absolute Gasteiger partial charge is 0.271 e. The normalized spacial score (nSPS) is 10.6. The van der Waals surface area contributed by atoms with Crippen molar-refractivity contribution in [3.63, 3.8) is 0 Å². The summed E-state index contributed by atoms with van der Waals surface area (Å²) in [6, 6.07) is 3.52. The maximum atomic E-state index is 11.6. The standard InChI is InChI=1S/C12H19N3O2/c1-4-17-8-7-13-12(16)11-6-5-10(9(2)3)14-15-11/h5-6,9H,4,7-8H2,1-3H3,(H,13,16). The van der Waals surface area contributed by atoms with Gasteiger partial charge in [-0.1, -0.05) is 13.8 Å². The number of carbonyl (C=O) groups excluding carboxylic acids is 1. The van der Waals surface area contributed by atoms with Crippen LogP contribution in [-0.4, -0.2) is 35.9 Å². The number of carbonyl (C=O) groups is 1. The highest BCUT2D eigenvalue weighted by Crippen LogP contribution is 2.09. The van der Waals surface area contributed by atoms with Crippen LogP contribution in [0, 0.1) is 0 Å². The molecular weight excluding hydrogens is 218 g/mol. The third-order valence-electron chi connectivity index (χ3n) is 2.25. The number of aromatic nitrogens is 2. The van der Waals surface area contributed by atoms with E-state index in [1.165, 1.54) is 0 Å². The molecule has 0 aromatic carbocycles. The summed E-state index contributed by atoms with van der Waals surface area (Å²) in [7, 11) is 0. The molecular formula is C12H19N3O2. The third-order valence-corrected chi connectivity index (χ3v) is 2.25. The van der Waals surface area contributed by atoms with Crippen molar-refractivity contribution in [3.05, 3.63) is 23.5 Å². The zero-order chi connectivity index (χ0) is 12.7. The fourth-order valence-electron chi connectivity index (χ4n) is 1.24. The molecule has 94 valence electrons. The quantitative estimate of drug-likeness (QED) is 0.759. The van der Waals surface area contributed by atoms with Gasteiger partial charge in [0, 0.05) is 13.2 Å². The second kappa shape index (κ2) is 6.96. The van der Waals surface area contributed by atoms with Crippen LogP contribution in [0.3, 0.4) is 0 Å². The lowest BCUT2D eigenvalue weighted by molar-refractivity contribution is 0.0916. The van der Waals surface area contributed by atoms with Crippen LogP contribution >= 0.6 is 0 Å². The van der Waals surface area contributed by atoms with Crippen LogP contribution in [0.2, 0.25) is 0 Å². The molecule has 0 unspecified atom stereocenters. The number of rotatable bonds is 6. The zero-order valence-electron chi connectivity index (χ0n) is 10.6. The molecule has 5 heteroatoms. The highest BCUT2D eigenvalue weighted by atomic mass is 16.5. The van der Waals surface area contributed by atoms with Gasteiger partial charge in [-0.05, 0) is 25.0 Å². The van der Waals surface area contributed by atoms with Gasteiger partial charge in [0.25, 0.3) is 5.91 Å². The van der Waals surface area contributed by atoms with Crippen molar-refractivity contribution in [2.45, 2.75) is 26.7 Å². The molecule has 0 saturated carbocycles. The van der Waals surface area contributed by atoms with Crippen LogP contribution in [0.15, 0.2) is 12.1 Å². The molecule has 0 radical (unpaired) electrons. The fraction of sp³-hybridized carbons (Fsp3) is 0.583.